The molecule has 5 nitrogen and oxygen atoms in total. The first-order chi connectivity index (χ1) is 15.2. The predicted octanol–water partition coefficient (Wildman–Crippen LogP) is 6.64. The van der Waals surface area contributed by atoms with Gasteiger partial charge in [-0.1, -0.05) is 73.1 Å². The first kappa shape index (κ1) is 21.7. The van der Waals surface area contributed by atoms with Crippen molar-refractivity contribution in [2.24, 2.45) is 0 Å². The van der Waals surface area contributed by atoms with E-state index in [0.29, 0.717) is 29.0 Å². The Morgan fingerprint density at radius 2 is 1.65 bits per heavy atom. The van der Waals surface area contributed by atoms with Crippen LogP contribution in [0.2, 0.25) is 0 Å². The summed E-state index contributed by atoms with van der Waals surface area (Å²) in [6.07, 6.45) is 6.22. The molecule has 1 aliphatic rings. The van der Waals surface area contributed by atoms with Gasteiger partial charge < -0.3 is 16.0 Å². The topological polar surface area (TPSA) is 73.7 Å². The van der Waals surface area contributed by atoms with E-state index in [-0.39, 0.29) is 5.38 Å². The van der Waals surface area contributed by atoms with Crippen LogP contribution in [0.25, 0.3) is 0 Å². The van der Waals surface area contributed by atoms with Crippen molar-refractivity contribution in [3.8, 4) is 0 Å². The summed E-state index contributed by atoms with van der Waals surface area (Å²) in [7, 11) is 0. The lowest BCUT2D eigenvalue weighted by Gasteiger charge is -2.18. The third kappa shape index (κ3) is 5.77. The molecule has 0 radical (unpaired) electrons. The molecule has 0 saturated heterocycles. The van der Waals surface area contributed by atoms with Crippen LogP contribution in [0.4, 0.5) is 17.3 Å². The first-order valence-electron chi connectivity index (χ1n) is 10.6. The Hall–Kier alpha value is -2.57. The van der Waals surface area contributed by atoms with Gasteiger partial charge in [0.05, 0.1) is 10.9 Å². The molecular formula is C24H26ClN5S. The molecule has 1 fully saturated rings. The average molecular weight is 452 g/mol. The Morgan fingerprint density at radius 1 is 1.00 bits per heavy atom. The molecule has 0 amide bonds. The minimum atomic E-state index is -0.203. The van der Waals surface area contributed by atoms with Crippen LogP contribution < -0.4 is 10.6 Å². The quantitative estimate of drug-likeness (QED) is 0.193. The summed E-state index contributed by atoms with van der Waals surface area (Å²) >= 11 is 8.34. The van der Waals surface area contributed by atoms with Gasteiger partial charge in [0, 0.05) is 23.7 Å². The van der Waals surface area contributed by atoms with E-state index in [2.05, 4.69) is 10.6 Å². The molecule has 7 heteroatoms. The molecule has 1 heterocycles. The number of rotatable bonds is 9. The van der Waals surface area contributed by atoms with Crippen molar-refractivity contribution in [1.82, 2.24) is 9.97 Å². The highest BCUT2D eigenvalue weighted by Gasteiger charge is 2.21. The molecule has 1 saturated carbocycles. The van der Waals surface area contributed by atoms with E-state index in [0.717, 1.165) is 16.4 Å². The van der Waals surface area contributed by atoms with Gasteiger partial charge in [-0.2, -0.15) is 0 Å². The number of thioether (sulfide) groups is 1. The Morgan fingerprint density at radius 3 is 2.32 bits per heavy atom. The van der Waals surface area contributed by atoms with E-state index < -0.39 is 0 Å². The van der Waals surface area contributed by atoms with Gasteiger partial charge in [-0.25, -0.2) is 9.97 Å². The lowest BCUT2D eigenvalue weighted by molar-refractivity contribution is 0.881. The van der Waals surface area contributed by atoms with Crippen molar-refractivity contribution in [3.05, 3.63) is 71.8 Å². The number of aromatic nitrogens is 2. The third-order valence-electron chi connectivity index (χ3n) is 5.29. The lowest BCUT2D eigenvalue weighted by Crippen LogP contribution is -2.14. The highest BCUT2D eigenvalue weighted by Crippen LogP contribution is 2.35. The molecule has 0 aliphatic heterocycles. The second kappa shape index (κ2) is 10.6. The van der Waals surface area contributed by atoms with Gasteiger partial charge in [0.25, 0.3) is 0 Å². The molecule has 3 N–H and O–H groups in total. The maximum atomic E-state index is 8.01. The Labute approximate surface area is 192 Å². The fourth-order valence-electron chi connectivity index (χ4n) is 3.65. The van der Waals surface area contributed by atoms with Gasteiger partial charge in [-0.15, -0.1) is 11.6 Å². The Bertz CT molecular complexity index is 994. The molecule has 1 aromatic heterocycles. The zero-order chi connectivity index (χ0) is 21.5. The number of alkyl halides is 1. The molecule has 1 atom stereocenters. The molecule has 0 spiro atoms. The summed E-state index contributed by atoms with van der Waals surface area (Å²) in [6.45, 7) is 0.502. The van der Waals surface area contributed by atoms with Crippen LogP contribution >= 0.6 is 23.4 Å². The predicted molar refractivity (Wildman–Crippen MR) is 131 cm³/mol. The number of para-hydroxylation sites is 1. The molecule has 3 aromatic rings. The number of nitrogens with zero attached hydrogens (tertiary/aromatic N) is 2. The van der Waals surface area contributed by atoms with Crippen LogP contribution in [0.15, 0.2) is 65.8 Å². The maximum absolute atomic E-state index is 8.01. The smallest absolute Gasteiger partial charge is 0.191 e. The molecule has 1 aliphatic carbocycles. The zero-order valence-electron chi connectivity index (χ0n) is 17.2. The normalized spacial score (nSPS) is 14.9. The van der Waals surface area contributed by atoms with Gasteiger partial charge in [0.1, 0.15) is 11.6 Å². The van der Waals surface area contributed by atoms with Crippen LogP contribution in [0.5, 0.6) is 0 Å². The summed E-state index contributed by atoms with van der Waals surface area (Å²) in [5.74, 6) is 1.26. The average Bonchev–Trinajstić information content (AvgIpc) is 3.31. The number of nitrogens with one attached hydrogen (secondary N) is 3. The minimum absolute atomic E-state index is 0.203. The van der Waals surface area contributed by atoms with Gasteiger partial charge in [0.2, 0.25) is 0 Å². The second-order valence-electron chi connectivity index (χ2n) is 7.54. The summed E-state index contributed by atoms with van der Waals surface area (Å²) in [5, 5.41) is 15.8. The molecule has 0 bridgehead atoms. The van der Waals surface area contributed by atoms with E-state index in [1.807, 2.05) is 60.7 Å². The largest absolute Gasteiger partial charge is 0.367 e. The molecule has 2 aromatic carbocycles. The Balaban J connectivity index is 1.60. The van der Waals surface area contributed by atoms with Crippen LogP contribution in [-0.2, 0) is 0 Å². The van der Waals surface area contributed by atoms with E-state index in [9.17, 15) is 0 Å². The minimum Gasteiger partial charge on any atom is -0.367 e. The van der Waals surface area contributed by atoms with Crippen molar-refractivity contribution in [1.29, 1.82) is 5.41 Å². The van der Waals surface area contributed by atoms with Crippen molar-refractivity contribution >= 4 is 46.9 Å². The van der Waals surface area contributed by atoms with Crippen molar-refractivity contribution < 1.29 is 0 Å². The van der Waals surface area contributed by atoms with E-state index in [4.69, 9.17) is 27.0 Å². The van der Waals surface area contributed by atoms with Crippen molar-refractivity contribution in [3.63, 3.8) is 0 Å². The fourth-order valence-corrected chi connectivity index (χ4v) is 5.03. The fraction of sp³-hybridized carbons (Fsp3) is 0.292. The summed E-state index contributed by atoms with van der Waals surface area (Å²) in [6, 6.07) is 19.9. The molecular weight excluding hydrogens is 426 g/mol. The lowest BCUT2D eigenvalue weighted by atomic mass is 10.1. The first-order valence-corrected chi connectivity index (χ1v) is 11.9. The monoisotopic (exact) mass is 451 g/mol. The highest BCUT2D eigenvalue weighted by molar-refractivity contribution is 7.99. The van der Waals surface area contributed by atoms with Gasteiger partial charge in [-0.05, 0) is 30.5 Å². The summed E-state index contributed by atoms with van der Waals surface area (Å²) in [4.78, 5) is 9.53. The van der Waals surface area contributed by atoms with E-state index in [1.165, 1.54) is 31.9 Å². The van der Waals surface area contributed by atoms with Gasteiger partial charge >= 0.3 is 0 Å². The van der Waals surface area contributed by atoms with Crippen LogP contribution in [-0.4, -0.2) is 28.0 Å². The number of anilines is 3. The second-order valence-corrected chi connectivity index (χ2v) is 9.33. The summed E-state index contributed by atoms with van der Waals surface area (Å²) in [5.41, 5.74) is 2.59. The molecule has 31 heavy (non-hydrogen) atoms. The molecule has 4 rings (SSSR count). The molecule has 160 valence electrons. The Kier molecular flexibility index (Phi) is 7.43. The number of halogens is 1. The third-order valence-corrected chi connectivity index (χ3v) is 6.89. The standard InChI is InChI=1S/C24H26ClN5S/c25-21(17-9-3-1-4-10-17)16-27-22-20(15-26)23(28-18-11-5-2-6-12-18)30-24(29-22)31-19-13-7-8-14-19/h1-6,9-12,15,19,21,26H,7-8,13-14,16H2,(H2,27,28,29,30). The van der Waals surface area contributed by atoms with E-state index >= 15 is 0 Å². The van der Waals surface area contributed by atoms with Crippen LogP contribution in [0.3, 0.4) is 0 Å². The summed E-state index contributed by atoms with van der Waals surface area (Å²) < 4.78 is 0. The van der Waals surface area contributed by atoms with Gasteiger partial charge in [0.15, 0.2) is 5.16 Å². The van der Waals surface area contributed by atoms with Crippen molar-refractivity contribution in [2.75, 3.05) is 17.2 Å². The number of benzene rings is 2. The van der Waals surface area contributed by atoms with Gasteiger partial charge in [-0.3, -0.25) is 0 Å². The maximum Gasteiger partial charge on any atom is 0.191 e. The molecule has 1 unspecified atom stereocenters. The highest BCUT2D eigenvalue weighted by atomic mass is 35.5. The van der Waals surface area contributed by atoms with Crippen LogP contribution in [0.1, 0.15) is 42.2 Å². The number of hydrogen-bond acceptors (Lipinski definition) is 6. The van der Waals surface area contributed by atoms with Crippen LogP contribution in [0, 0.1) is 5.41 Å². The number of hydrogen-bond donors (Lipinski definition) is 3. The van der Waals surface area contributed by atoms with E-state index in [1.54, 1.807) is 11.8 Å². The van der Waals surface area contributed by atoms with Crippen molar-refractivity contribution in [2.45, 2.75) is 41.5 Å². The zero-order valence-corrected chi connectivity index (χ0v) is 18.8. The SMILES string of the molecule is N=Cc1c(NCC(Cl)c2ccccc2)nc(SC2CCCC2)nc1Nc1ccccc1.